The van der Waals surface area contributed by atoms with Crippen LogP contribution in [0.3, 0.4) is 0 Å². The molecule has 5 nitrogen and oxygen atoms in total. The standard InChI is InChI=1S/C17H10BrN3O2S2/c18-10-3-1-2-9(6-10)13-7-12-15(25-13)14(17(22)23)20-21-16(12)19-11-4-5-24-8-11/h1-8H,(H,19,21)(H,22,23). The zero-order chi connectivity index (χ0) is 17.4. The van der Waals surface area contributed by atoms with E-state index in [0.29, 0.717) is 10.5 Å². The van der Waals surface area contributed by atoms with E-state index in [1.54, 1.807) is 11.3 Å². The molecule has 0 spiro atoms. The van der Waals surface area contributed by atoms with E-state index >= 15 is 0 Å². The van der Waals surface area contributed by atoms with Crippen molar-refractivity contribution in [2.24, 2.45) is 0 Å². The van der Waals surface area contributed by atoms with Gasteiger partial charge in [-0.3, -0.25) is 0 Å². The molecule has 0 amide bonds. The Labute approximate surface area is 159 Å². The van der Waals surface area contributed by atoms with Gasteiger partial charge in [-0.25, -0.2) is 4.79 Å². The number of nitrogens with one attached hydrogen (secondary N) is 1. The minimum atomic E-state index is -1.08. The normalized spacial score (nSPS) is 10.9. The summed E-state index contributed by atoms with van der Waals surface area (Å²) in [6, 6.07) is 11.8. The predicted octanol–water partition coefficient (Wildman–Crippen LogP) is 5.62. The van der Waals surface area contributed by atoms with Gasteiger partial charge in [-0.15, -0.1) is 21.5 Å². The predicted molar refractivity (Wildman–Crippen MR) is 105 cm³/mol. The summed E-state index contributed by atoms with van der Waals surface area (Å²) >= 11 is 6.44. The van der Waals surface area contributed by atoms with Crippen LogP contribution in [0.4, 0.5) is 11.5 Å². The Balaban J connectivity index is 1.90. The van der Waals surface area contributed by atoms with E-state index < -0.39 is 5.97 Å². The van der Waals surface area contributed by atoms with Crippen molar-refractivity contribution in [3.63, 3.8) is 0 Å². The smallest absolute Gasteiger partial charge is 0.357 e. The third-order valence-electron chi connectivity index (χ3n) is 3.55. The largest absolute Gasteiger partial charge is 0.476 e. The second kappa shape index (κ2) is 6.55. The number of hydrogen-bond acceptors (Lipinski definition) is 6. The molecule has 0 saturated heterocycles. The highest BCUT2D eigenvalue weighted by Crippen LogP contribution is 2.38. The lowest BCUT2D eigenvalue weighted by Gasteiger charge is -2.04. The number of nitrogens with zero attached hydrogens (tertiary/aromatic N) is 2. The van der Waals surface area contributed by atoms with Gasteiger partial charge in [-0.1, -0.05) is 28.1 Å². The number of benzene rings is 1. The van der Waals surface area contributed by atoms with Crippen LogP contribution in [0.2, 0.25) is 0 Å². The lowest BCUT2D eigenvalue weighted by molar-refractivity contribution is 0.0692. The van der Waals surface area contributed by atoms with E-state index in [9.17, 15) is 9.90 Å². The van der Waals surface area contributed by atoms with Gasteiger partial charge in [0.2, 0.25) is 0 Å². The van der Waals surface area contributed by atoms with Crippen LogP contribution in [0.15, 0.2) is 51.6 Å². The minimum absolute atomic E-state index is 0.0304. The number of fused-ring (bicyclic) bond motifs is 1. The molecule has 0 atom stereocenters. The maximum Gasteiger partial charge on any atom is 0.357 e. The van der Waals surface area contributed by atoms with Crippen LogP contribution in [-0.4, -0.2) is 21.3 Å². The molecule has 4 aromatic rings. The van der Waals surface area contributed by atoms with Crippen LogP contribution in [-0.2, 0) is 0 Å². The molecule has 25 heavy (non-hydrogen) atoms. The maximum atomic E-state index is 11.5. The summed E-state index contributed by atoms with van der Waals surface area (Å²) in [5.74, 6) is -0.530. The Morgan fingerprint density at radius 3 is 2.80 bits per heavy atom. The lowest BCUT2D eigenvalue weighted by atomic mass is 10.1. The fourth-order valence-corrected chi connectivity index (χ4v) is 4.55. The van der Waals surface area contributed by atoms with Gasteiger partial charge in [0.15, 0.2) is 11.5 Å². The average molecular weight is 432 g/mol. The van der Waals surface area contributed by atoms with E-state index in [0.717, 1.165) is 26.0 Å². The van der Waals surface area contributed by atoms with E-state index in [1.807, 2.05) is 47.2 Å². The molecule has 0 fully saturated rings. The zero-order valence-electron chi connectivity index (χ0n) is 12.6. The van der Waals surface area contributed by atoms with E-state index in [4.69, 9.17) is 0 Å². The Bertz CT molecular complexity index is 1080. The molecule has 0 aliphatic rings. The molecular formula is C17H10BrN3O2S2. The van der Waals surface area contributed by atoms with Crippen molar-refractivity contribution in [3.05, 3.63) is 57.3 Å². The molecule has 0 aliphatic carbocycles. The molecule has 3 aromatic heterocycles. The number of aromatic carboxylic acids is 1. The number of thiophene rings is 2. The van der Waals surface area contributed by atoms with Crippen molar-refractivity contribution < 1.29 is 9.90 Å². The fourth-order valence-electron chi connectivity index (χ4n) is 2.43. The van der Waals surface area contributed by atoms with Gasteiger partial charge in [0.05, 0.1) is 10.4 Å². The monoisotopic (exact) mass is 431 g/mol. The number of rotatable bonds is 4. The fraction of sp³-hybridized carbons (Fsp3) is 0. The molecule has 3 heterocycles. The third-order valence-corrected chi connectivity index (χ3v) is 5.92. The molecule has 4 rings (SSSR count). The molecule has 0 radical (unpaired) electrons. The second-order valence-corrected chi connectivity index (χ2v) is 7.95. The maximum absolute atomic E-state index is 11.5. The number of hydrogen-bond donors (Lipinski definition) is 2. The molecule has 2 N–H and O–H groups in total. The quantitative estimate of drug-likeness (QED) is 0.438. The Hall–Kier alpha value is -2.29. The summed E-state index contributed by atoms with van der Waals surface area (Å²) in [5, 5.41) is 25.3. The van der Waals surface area contributed by atoms with Crippen LogP contribution in [0.5, 0.6) is 0 Å². The summed E-state index contributed by atoms with van der Waals surface area (Å²) in [5.41, 5.74) is 1.88. The van der Waals surface area contributed by atoms with E-state index in [1.165, 1.54) is 11.3 Å². The zero-order valence-corrected chi connectivity index (χ0v) is 15.8. The molecule has 8 heteroatoms. The van der Waals surface area contributed by atoms with E-state index in [2.05, 4.69) is 31.4 Å². The summed E-state index contributed by atoms with van der Waals surface area (Å²) < 4.78 is 1.57. The number of halogens is 1. The van der Waals surface area contributed by atoms with Gasteiger partial charge in [0.25, 0.3) is 0 Å². The number of carbonyl (C=O) groups is 1. The lowest BCUT2D eigenvalue weighted by Crippen LogP contribution is -2.04. The van der Waals surface area contributed by atoms with Gasteiger partial charge in [-0.2, -0.15) is 11.3 Å². The minimum Gasteiger partial charge on any atom is -0.476 e. The first-order valence-electron chi connectivity index (χ1n) is 7.20. The van der Waals surface area contributed by atoms with Crippen molar-refractivity contribution in [3.8, 4) is 10.4 Å². The Morgan fingerprint density at radius 2 is 2.08 bits per heavy atom. The molecule has 0 aliphatic heterocycles. The SMILES string of the molecule is O=C(O)c1nnc(Nc2ccsc2)c2cc(-c3cccc(Br)c3)sc12. The van der Waals surface area contributed by atoms with Crippen LogP contribution < -0.4 is 5.32 Å². The molecule has 124 valence electrons. The van der Waals surface area contributed by atoms with Crippen molar-refractivity contribution in [2.45, 2.75) is 0 Å². The van der Waals surface area contributed by atoms with Gasteiger partial charge in [-0.05, 0) is 35.2 Å². The number of carboxylic acid groups (broad SMARTS) is 1. The molecule has 0 saturated carbocycles. The number of aromatic nitrogens is 2. The van der Waals surface area contributed by atoms with Crippen molar-refractivity contribution in [1.82, 2.24) is 10.2 Å². The number of carboxylic acids is 1. The van der Waals surface area contributed by atoms with Crippen molar-refractivity contribution >= 4 is 66.2 Å². The third kappa shape index (κ3) is 3.15. The first kappa shape index (κ1) is 16.2. The van der Waals surface area contributed by atoms with Crippen LogP contribution in [0.25, 0.3) is 20.5 Å². The highest BCUT2D eigenvalue weighted by Gasteiger charge is 2.19. The summed E-state index contributed by atoms with van der Waals surface area (Å²) in [7, 11) is 0. The molecule has 0 bridgehead atoms. The first-order valence-corrected chi connectivity index (χ1v) is 9.76. The molecule has 1 aromatic carbocycles. The highest BCUT2D eigenvalue weighted by molar-refractivity contribution is 9.10. The Morgan fingerprint density at radius 1 is 1.20 bits per heavy atom. The second-order valence-electron chi connectivity index (χ2n) is 5.20. The van der Waals surface area contributed by atoms with Crippen LogP contribution in [0, 0.1) is 0 Å². The summed E-state index contributed by atoms with van der Waals surface area (Å²) in [6.07, 6.45) is 0. The van der Waals surface area contributed by atoms with Crippen LogP contribution in [0.1, 0.15) is 10.5 Å². The first-order chi connectivity index (χ1) is 12.1. The van der Waals surface area contributed by atoms with Gasteiger partial charge in [0, 0.05) is 20.1 Å². The van der Waals surface area contributed by atoms with E-state index in [-0.39, 0.29) is 5.69 Å². The Kier molecular flexibility index (Phi) is 4.24. The van der Waals surface area contributed by atoms with Gasteiger partial charge in [0.1, 0.15) is 0 Å². The topological polar surface area (TPSA) is 75.1 Å². The molecular weight excluding hydrogens is 422 g/mol. The van der Waals surface area contributed by atoms with Gasteiger partial charge < -0.3 is 10.4 Å². The molecule has 0 unspecified atom stereocenters. The summed E-state index contributed by atoms with van der Waals surface area (Å²) in [6.45, 7) is 0. The number of anilines is 2. The van der Waals surface area contributed by atoms with Gasteiger partial charge >= 0.3 is 5.97 Å². The summed E-state index contributed by atoms with van der Waals surface area (Å²) in [4.78, 5) is 12.5. The average Bonchev–Trinajstić information content (AvgIpc) is 3.24. The van der Waals surface area contributed by atoms with Crippen molar-refractivity contribution in [2.75, 3.05) is 5.32 Å². The van der Waals surface area contributed by atoms with Crippen LogP contribution >= 0.6 is 38.6 Å². The van der Waals surface area contributed by atoms with Crippen molar-refractivity contribution in [1.29, 1.82) is 0 Å². The highest BCUT2D eigenvalue weighted by atomic mass is 79.9.